The molecule has 0 atom stereocenters. The third-order valence-corrected chi connectivity index (χ3v) is 3.58. The summed E-state index contributed by atoms with van der Waals surface area (Å²) in [6.07, 6.45) is 3.22. The van der Waals surface area contributed by atoms with E-state index in [4.69, 9.17) is 21.1 Å². The first-order valence-electron chi connectivity index (χ1n) is 7.31. The Balaban J connectivity index is 1.56. The molecule has 118 valence electrons. The first-order valence-corrected chi connectivity index (χ1v) is 7.68. The minimum atomic E-state index is -0.167. The van der Waals surface area contributed by atoms with Gasteiger partial charge in [-0.1, -0.05) is 29.8 Å². The normalized spacial score (nSPS) is 13.1. The summed E-state index contributed by atoms with van der Waals surface area (Å²) >= 11 is 5.90. The quantitative estimate of drug-likeness (QED) is 0.874. The second-order valence-electron chi connectivity index (χ2n) is 5.08. The van der Waals surface area contributed by atoms with Crippen molar-refractivity contribution in [2.24, 2.45) is 0 Å². The molecule has 1 amide bonds. The minimum absolute atomic E-state index is 0.167. The van der Waals surface area contributed by atoms with Crippen LogP contribution in [0.5, 0.6) is 11.5 Å². The lowest BCUT2D eigenvalue weighted by Gasteiger charge is -2.18. The third kappa shape index (κ3) is 4.27. The molecule has 2 aromatic rings. The average molecular weight is 330 g/mol. The summed E-state index contributed by atoms with van der Waals surface area (Å²) in [6, 6.07) is 13.0. The van der Waals surface area contributed by atoms with Crippen LogP contribution >= 0.6 is 11.6 Å². The van der Waals surface area contributed by atoms with Gasteiger partial charge >= 0.3 is 0 Å². The van der Waals surface area contributed by atoms with Gasteiger partial charge in [0.15, 0.2) is 11.5 Å². The van der Waals surface area contributed by atoms with E-state index in [-0.39, 0.29) is 5.91 Å². The van der Waals surface area contributed by atoms with Crippen molar-refractivity contribution in [1.82, 2.24) is 5.32 Å². The molecule has 0 fully saturated rings. The van der Waals surface area contributed by atoms with Crippen LogP contribution in [0.2, 0.25) is 5.02 Å². The van der Waals surface area contributed by atoms with Crippen LogP contribution in [0.1, 0.15) is 11.1 Å². The Morgan fingerprint density at radius 1 is 1.13 bits per heavy atom. The van der Waals surface area contributed by atoms with Crippen molar-refractivity contribution in [3.05, 3.63) is 64.7 Å². The van der Waals surface area contributed by atoms with Gasteiger partial charge in [-0.2, -0.15) is 0 Å². The zero-order valence-corrected chi connectivity index (χ0v) is 13.2. The first-order chi connectivity index (χ1) is 11.2. The van der Waals surface area contributed by atoms with E-state index in [1.54, 1.807) is 18.2 Å². The van der Waals surface area contributed by atoms with E-state index in [9.17, 15) is 4.79 Å². The van der Waals surface area contributed by atoms with Crippen molar-refractivity contribution >= 4 is 23.6 Å². The van der Waals surface area contributed by atoms with Gasteiger partial charge < -0.3 is 14.8 Å². The summed E-state index contributed by atoms with van der Waals surface area (Å²) in [5.74, 6) is 1.30. The van der Waals surface area contributed by atoms with E-state index in [1.165, 1.54) is 6.08 Å². The van der Waals surface area contributed by atoms with Gasteiger partial charge in [-0.15, -0.1) is 0 Å². The van der Waals surface area contributed by atoms with E-state index in [0.717, 1.165) is 22.6 Å². The second-order valence-corrected chi connectivity index (χ2v) is 5.52. The van der Waals surface area contributed by atoms with E-state index in [1.807, 2.05) is 30.3 Å². The average Bonchev–Trinajstić information content (AvgIpc) is 2.58. The highest BCUT2D eigenvalue weighted by Gasteiger charge is 2.11. The molecular formula is C18H16ClNO3. The number of rotatable bonds is 4. The summed E-state index contributed by atoms with van der Waals surface area (Å²) in [7, 11) is 0. The molecule has 4 nitrogen and oxygen atoms in total. The lowest BCUT2D eigenvalue weighted by Crippen LogP contribution is -2.20. The number of amides is 1. The van der Waals surface area contributed by atoms with Crippen LogP contribution in [-0.4, -0.2) is 19.1 Å². The molecule has 0 aromatic heterocycles. The molecule has 1 aliphatic heterocycles. The highest BCUT2D eigenvalue weighted by Crippen LogP contribution is 2.30. The Hall–Kier alpha value is -2.46. The summed E-state index contributed by atoms with van der Waals surface area (Å²) < 4.78 is 11.0. The molecule has 3 rings (SSSR count). The second kappa shape index (κ2) is 7.20. The standard InChI is InChI=1S/C18H16ClNO3/c19-15-3-1-2-13(10-15)5-7-18(21)20-12-14-4-6-16-17(11-14)23-9-8-22-16/h1-7,10-11H,8-9,12H2,(H,20,21)/b7-5+. The number of nitrogens with one attached hydrogen (secondary N) is 1. The fraction of sp³-hybridized carbons (Fsp3) is 0.167. The van der Waals surface area contributed by atoms with E-state index in [0.29, 0.717) is 24.8 Å². The fourth-order valence-electron chi connectivity index (χ4n) is 2.23. The van der Waals surface area contributed by atoms with Crippen LogP contribution in [0.3, 0.4) is 0 Å². The maximum atomic E-state index is 11.9. The first kappa shape index (κ1) is 15.4. The lowest BCUT2D eigenvalue weighted by atomic mass is 10.2. The monoisotopic (exact) mass is 329 g/mol. The van der Waals surface area contributed by atoms with Crippen molar-refractivity contribution in [3.63, 3.8) is 0 Å². The van der Waals surface area contributed by atoms with E-state index >= 15 is 0 Å². The predicted octanol–water partition coefficient (Wildman–Crippen LogP) is 3.44. The molecule has 2 aromatic carbocycles. The number of carbonyl (C=O) groups is 1. The molecule has 0 bridgehead atoms. The molecule has 0 radical (unpaired) electrons. The number of carbonyl (C=O) groups excluding carboxylic acids is 1. The van der Waals surface area contributed by atoms with Crippen LogP contribution in [0.4, 0.5) is 0 Å². The molecule has 1 aliphatic rings. The van der Waals surface area contributed by atoms with Crippen molar-refractivity contribution < 1.29 is 14.3 Å². The number of ether oxygens (including phenoxy) is 2. The third-order valence-electron chi connectivity index (χ3n) is 3.35. The molecule has 1 heterocycles. The van der Waals surface area contributed by atoms with Crippen LogP contribution in [0, 0.1) is 0 Å². The van der Waals surface area contributed by atoms with E-state index in [2.05, 4.69) is 5.32 Å². The van der Waals surface area contributed by atoms with Crippen LogP contribution < -0.4 is 14.8 Å². The van der Waals surface area contributed by atoms with Gasteiger partial charge in [0, 0.05) is 17.6 Å². The lowest BCUT2D eigenvalue weighted by molar-refractivity contribution is -0.116. The zero-order valence-electron chi connectivity index (χ0n) is 12.4. The largest absolute Gasteiger partial charge is 0.486 e. The summed E-state index contributed by atoms with van der Waals surface area (Å²) in [6.45, 7) is 1.54. The van der Waals surface area contributed by atoms with Gasteiger partial charge in [-0.05, 0) is 41.5 Å². The van der Waals surface area contributed by atoms with Gasteiger partial charge in [-0.3, -0.25) is 4.79 Å². The Kier molecular flexibility index (Phi) is 4.83. The van der Waals surface area contributed by atoms with Crippen LogP contribution in [0.25, 0.3) is 6.08 Å². The van der Waals surface area contributed by atoms with Crippen molar-refractivity contribution in [1.29, 1.82) is 0 Å². The molecule has 1 N–H and O–H groups in total. The van der Waals surface area contributed by atoms with Crippen molar-refractivity contribution in [3.8, 4) is 11.5 Å². The van der Waals surface area contributed by atoms with Gasteiger partial charge in [-0.25, -0.2) is 0 Å². The number of fused-ring (bicyclic) bond motifs is 1. The molecule has 23 heavy (non-hydrogen) atoms. The Bertz CT molecular complexity index is 743. The Morgan fingerprint density at radius 2 is 1.96 bits per heavy atom. The van der Waals surface area contributed by atoms with Crippen molar-refractivity contribution in [2.45, 2.75) is 6.54 Å². The Morgan fingerprint density at radius 3 is 2.78 bits per heavy atom. The molecule has 0 unspecified atom stereocenters. The number of hydrogen-bond acceptors (Lipinski definition) is 3. The molecule has 0 saturated carbocycles. The van der Waals surface area contributed by atoms with Crippen LogP contribution in [0.15, 0.2) is 48.5 Å². The molecule has 0 saturated heterocycles. The molecular weight excluding hydrogens is 314 g/mol. The maximum Gasteiger partial charge on any atom is 0.244 e. The van der Waals surface area contributed by atoms with Gasteiger partial charge in [0.05, 0.1) is 0 Å². The predicted molar refractivity (Wildman–Crippen MR) is 89.8 cm³/mol. The highest BCUT2D eigenvalue weighted by molar-refractivity contribution is 6.30. The highest BCUT2D eigenvalue weighted by atomic mass is 35.5. The molecule has 0 aliphatic carbocycles. The smallest absolute Gasteiger partial charge is 0.244 e. The SMILES string of the molecule is O=C(/C=C/c1cccc(Cl)c1)NCc1ccc2c(c1)OCCO2. The summed E-state index contributed by atoms with van der Waals surface area (Å²) in [5, 5.41) is 3.48. The minimum Gasteiger partial charge on any atom is -0.486 e. The number of halogens is 1. The summed E-state index contributed by atoms with van der Waals surface area (Å²) in [5.41, 5.74) is 1.84. The van der Waals surface area contributed by atoms with Crippen LogP contribution in [-0.2, 0) is 11.3 Å². The van der Waals surface area contributed by atoms with E-state index < -0.39 is 0 Å². The molecule has 5 heteroatoms. The maximum absolute atomic E-state index is 11.9. The van der Waals surface area contributed by atoms with Gasteiger partial charge in [0.25, 0.3) is 0 Å². The Labute approximate surface area is 139 Å². The number of benzene rings is 2. The summed E-state index contributed by atoms with van der Waals surface area (Å²) in [4.78, 5) is 11.9. The topological polar surface area (TPSA) is 47.6 Å². The molecule has 0 spiro atoms. The van der Waals surface area contributed by atoms with Crippen molar-refractivity contribution in [2.75, 3.05) is 13.2 Å². The van der Waals surface area contributed by atoms with Gasteiger partial charge in [0.2, 0.25) is 5.91 Å². The fourth-order valence-corrected chi connectivity index (χ4v) is 2.43. The zero-order chi connectivity index (χ0) is 16.1. The van der Waals surface area contributed by atoms with Gasteiger partial charge in [0.1, 0.15) is 13.2 Å². The number of hydrogen-bond donors (Lipinski definition) is 1.